The largest absolute Gasteiger partial charge is 0.465 e. The molecule has 2 nitrogen and oxygen atoms in total. The molecule has 1 saturated carbocycles. The molecule has 96 valence electrons. The predicted octanol–water partition coefficient (Wildman–Crippen LogP) is 4.07. The Labute approximate surface area is 109 Å². The normalized spacial score (nSPS) is 24.1. The van der Waals surface area contributed by atoms with Gasteiger partial charge in [-0.2, -0.15) is 0 Å². The van der Waals surface area contributed by atoms with E-state index < -0.39 is 0 Å². The van der Waals surface area contributed by atoms with Gasteiger partial charge in [0.2, 0.25) is 0 Å². The average molecular weight is 244 g/mol. The smallest absolute Gasteiger partial charge is 0.145 e. The molecule has 0 aliphatic heterocycles. The fraction of sp³-hybridized carbons (Fsp3) is 0.438. The van der Waals surface area contributed by atoms with Crippen molar-refractivity contribution >= 4 is 6.29 Å². The minimum absolute atomic E-state index is 0.706. The molecule has 1 aliphatic rings. The molecule has 0 heterocycles. The minimum atomic E-state index is 0.706. The van der Waals surface area contributed by atoms with Crippen molar-refractivity contribution in [3.05, 3.63) is 42.2 Å². The van der Waals surface area contributed by atoms with Gasteiger partial charge in [-0.3, -0.25) is 4.79 Å². The summed E-state index contributed by atoms with van der Waals surface area (Å²) in [5.41, 5.74) is 1.41. The van der Waals surface area contributed by atoms with Crippen LogP contribution >= 0.6 is 0 Å². The van der Waals surface area contributed by atoms with Crippen LogP contribution in [-0.2, 0) is 4.79 Å². The van der Waals surface area contributed by atoms with Crippen LogP contribution in [0.15, 0.2) is 36.6 Å². The van der Waals surface area contributed by atoms with Crippen LogP contribution in [0.4, 0.5) is 0 Å². The molecule has 1 fully saturated rings. The van der Waals surface area contributed by atoms with E-state index in [1.807, 2.05) is 12.1 Å². The standard InChI is InChI=1S/C16H20O2/c1-13-3-5-14(6-4-13)15-7-9-16(10-8-15)18-12-2-11-17/h2,7-14H,3-6H2,1H3/b12-2+. The highest BCUT2D eigenvalue weighted by Crippen LogP contribution is 2.35. The molecule has 0 spiro atoms. The first kappa shape index (κ1) is 12.9. The molecule has 0 bridgehead atoms. The van der Waals surface area contributed by atoms with Crippen LogP contribution in [0.25, 0.3) is 0 Å². The van der Waals surface area contributed by atoms with E-state index >= 15 is 0 Å². The summed E-state index contributed by atoms with van der Waals surface area (Å²) in [7, 11) is 0. The van der Waals surface area contributed by atoms with Crippen LogP contribution < -0.4 is 4.74 Å². The average Bonchev–Trinajstić information content (AvgIpc) is 2.41. The Bertz CT molecular complexity index is 398. The van der Waals surface area contributed by atoms with Crippen molar-refractivity contribution in [2.24, 2.45) is 5.92 Å². The van der Waals surface area contributed by atoms with Gasteiger partial charge in [0, 0.05) is 6.08 Å². The zero-order valence-electron chi connectivity index (χ0n) is 10.8. The van der Waals surface area contributed by atoms with Gasteiger partial charge in [-0.1, -0.05) is 31.9 Å². The summed E-state index contributed by atoms with van der Waals surface area (Å²) in [6.45, 7) is 2.34. The molecule has 0 saturated heterocycles. The lowest BCUT2D eigenvalue weighted by Gasteiger charge is -2.26. The van der Waals surface area contributed by atoms with Gasteiger partial charge in [0.15, 0.2) is 0 Å². The third kappa shape index (κ3) is 3.46. The Kier molecular flexibility index (Phi) is 4.57. The van der Waals surface area contributed by atoms with Crippen molar-refractivity contribution in [2.75, 3.05) is 0 Å². The Morgan fingerprint density at radius 1 is 1.11 bits per heavy atom. The van der Waals surface area contributed by atoms with Crippen molar-refractivity contribution in [3.63, 3.8) is 0 Å². The lowest BCUT2D eigenvalue weighted by atomic mass is 9.79. The number of hydrogen-bond acceptors (Lipinski definition) is 2. The molecular weight excluding hydrogens is 224 g/mol. The van der Waals surface area contributed by atoms with Crippen LogP contribution in [-0.4, -0.2) is 6.29 Å². The highest BCUT2D eigenvalue weighted by Gasteiger charge is 2.19. The molecule has 1 aliphatic carbocycles. The predicted molar refractivity (Wildman–Crippen MR) is 72.6 cm³/mol. The summed E-state index contributed by atoms with van der Waals surface area (Å²) >= 11 is 0. The van der Waals surface area contributed by atoms with Gasteiger partial charge < -0.3 is 4.74 Å². The lowest BCUT2D eigenvalue weighted by Crippen LogP contribution is -2.10. The zero-order chi connectivity index (χ0) is 12.8. The molecule has 0 unspecified atom stereocenters. The van der Waals surface area contributed by atoms with E-state index in [9.17, 15) is 4.79 Å². The van der Waals surface area contributed by atoms with E-state index in [0.29, 0.717) is 12.2 Å². The van der Waals surface area contributed by atoms with E-state index in [0.717, 1.165) is 11.7 Å². The minimum Gasteiger partial charge on any atom is -0.465 e. The Morgan fingerprint density at radius 3 is 2.39 bits per heavy atom. The van der Waals surface area contributed by atoms with Crippen molar-refractivity contribution in [1.29, 1.82) is 0 Å². The lowest BCUT2D eigenvalue weighted by molar-refractivity contribution is -0.104. The van der Waals surface area contributed by atoms with Crippen molar-refractivity contribution in [2.45, 2.75) is 38.5 Å². The number of ether oxygens (including phenoxy) is 1. The second kappa shape index (κ2) is 6.39. The molecule has 1 aromatic carbocycles. The summed E-state index contributed by atoms with van der Waals surface area (Å²) in [5, 5.41) is 0. The second-order valence-electron chi connectivity index (χ2n) is 5.11. The van der Waals surface area contributed by atoms with Crippen molar-refractivity contribution < 1.29 is 9.53 Å². The molecule has 0 atom stereocenters. The number of carbonyl (C=O) groups excluding carboxylic acids is 1. The number of rotatable bonds is 4. The quantitative estimate of drug-likeness (QED) is 0.453. The third-order valence-electron chi connectivity index (χ3n) is 3.73. The number of allylic oxidation sites excluding steroid dienone is 1. The summed E-state index contributed by atoms with van der Waals surface area (Å²) in [6.07, 6.45) is 8.73. The summed E-state index contributed by atoms with van der Waals surface area (Å²) in [5.74, 6) is 2.37. The van der Waals surface area contributed by atoms with E-state index in [1.165, 1.54) is 43.6 Å². The van der Waals surface area contributed by atoms with Crippen LogP contribution in [0.1, 0.15) is 44.1 Å². The fourth-order valence-corrected chi connectivity index (χ4v) is 2.56. The molecule has 1 aromatic rings. The van der Waals surface area contributed by atoms with Gasteiger partial charge >= 0.3 is 0 Å². The number of carbonyl (C=O) groups is 1. The third-order valence-corrected chi connectivity index (χ3v) is 3.73. The Balaban J connectivity index is 1.94. The summed E-state index contributed by atoms with van der Waals surface area (Å²) in [6, 6.07) is 8.24. The highest BCUT2D eigenvalue weighted by atomic mass is 16.5. The highest BCUT2D eigenvalue weighted by molar-refractivity contribution is 5.64. The first-order chi connectivity index (χ1) is 8.79. The van der Waals surface area contributed by atoms with E-state index in [4.69, 9.17) is 4.74 Å². The van der Waals surface area contributed by atoms with Crippen molar-refractivity contribution in [1.82, 2.24) is 0 Å². The molecule has 0 amide bonds. The first-order valence-electron chi connectivity index (χ1n) is 6.66. The first-order valence-corrected chi connectivity index (χ1v) is 6.66. The maximum absolute atomic E-state index is 10.1. The SMILES string of the molecule is CC1CCC(c2ccc(O/C=C/C=O)cc2)CC1. The van der Waals surface area contributed by atoms with Gasteiger partial charge in [-0.15, -0.1) is 0 Å². The van der Waals surface area contributed by atoms with E-state index in [2.05, 4.69) is 19.1 Å². The molecule has 2 rings (SSSR count). The van der Waals surface area contributed by atoms with E-state index in [-0.39, 0.29) is 0 Å². The maximum atomic E-state index is 10.1. The number of hydrogen-bond donors (Lipinski definition) is 0. The van der Waals surface area contributed by atoms with Crippen LogP contribution in [0.3, 0.4) is 0 Å². The van der Waals surface area contributed by atoms with Crippen LogP contribution in [0, 0.1) is 5.92 Å². The van der Waals surface area contributed by atoms with E-state index in [1.54, 1.807) is 0 Å². The zero-order valence-corrected chi connectivity index (χ0v) is 10.8. The maximum Gasteiger partial charge on any atom is 0.145 e. The molecule has 0 aromatic heterocycles. The summed E-state index contributed by atoms with van der Waals surface area (Å²) < 4.78 is 5.29. The summed E-state index contributed by atoms with van der Waals surface area (Å²) in [4.78, 5) is 10.1. The van der Waals surface area contributed by atoms with Gasteiger partial charge in [-0.05, 0) is 42.4 Å². The Hall–Kier alpha value is -1.57. The molecule has 18 heavy (non-hydrogen) atoms. The number of benzene rings is 1. The van der Waals surface area contributed by atoms with Gasteiger partial charge in [0.25, 0.3) is 0 Å². The van der Waals surface area contributed by atoms with Gasteiger partial charge in [0.1, 0.15) is 12.0 Å². The number of aldehydes is 1. The van der Waals surface area contributed by atoms with Crippen LogP contribution in [0.5, 0.6) is 5.75 Å². The molecular formula is C16H20O2. The monoisotopic (exact) mass is 244 g/mol. The van der Waals surface area contributed by atoms with Crippen LogP contribution in [0.2, 0.25) is 0 Å². The molecule has 0 radical (unpaired) electrons. The topological polar surface area (TPSA) is 26.3 Å². The second-order valence-corrected chi connectivity index (χ2v) is 5.11. The van der Waals surface area contributed by atoms with Gasteiger partial charge in [-0.25, -0.2) is 0 Å². The van der Waals surface area contributed by atoms with Gasteiger partial charge in [0.05, 0.1) is 6.26 Å². The fourth-order valence-electron chi connectivity index (χ4n) is 2.56. The molecule has 2 heteroatoms. The molecule has 0 N–H and O–H groups in total. The van der Waals surface area contributed by atoms with Crippen molar-refractivity contribution in [3.8, 4) is 5.75 Å². The Morgan fingerprint density at radius 2 is 1.78 bits per heavy atom.